The first kappa shape index (κ1) is 16.5. The Morgan fingerprint density at radius 3 is 2.43 bits per heavy atom. The monoisotopic (exact) mass is 292 g/mol. The number of aryl methyl sites for hydroxylation is 1. The van der Waals surface area contributed by atoms with Crippen LogP contribution in [0.3, 0.4) is 0 Å². The molecule has 4 heteroatoms. The Kier molecular flexibility index (Phi) is 5.82. The predicted molar refractivity (Wildman–Crippen MR) is 88.4 cm³/mol. The van der Waals surface area contributed by atoms with E-state index in [9.17, 15) is 0 Å². The number of rotatable bonds is 8. The van der Waals surface area contributed by atoms with Crippen LogP contribution in [0.2, 0.25) is 0 Å². The minimum absolute atomic E-state index is 0.205. The molecule has 1 aromatic rings. The van der Waals surface area contributed by atoms with Crippen LogP contribution in [-0.4, -0.2) is 40.4 Å². The van der Waals surface area contributed by atoms with Crippen molar-refractivity contribution in [3.05, 3.63) is 18.0 Å². The zero-order chi connectivity index (χ0) is 15.3. The van der Waals surface area contributed by atoms with Gasteiger partial charge in [0, 0.05) is 18.3 Å². The van der Waals surface area contributed by atoms with Gasteiger partial charge >= 0.3 is 0 Å². The molecule has 0 bridgehead atoms. The van der Waals surface area contributed by atoms with E-state index in [0.717, 1.165) is 13.0 Å². The van der Waals surface area contributed by atoms with Crippen molar-refractivity contribution in [2.75, 3.05) is 20.1 Å². The summed E-state index contributed by atoms with van der Waals surface area (Å²) in [5.41, 5.74) is 1.55. The summed E-state index contributed by atoms with van der Waals surface area (Å²) in [6, 6.07) is 2.55. The molecule has 2 rings (SSSR count). The van der Waals surface area contributed by atoms with Crippen LogP contribution in [-0.2, 0) is 6.54 Å². The van der Waals surface area contributed by atoms with Gasteiger partial charge in [0.1, 0.15) is 0 Å². The van der Waals surface area contributed by atoms with E-state index >= 15 is 0 Å². The number of hydrogen-bond acceptors (Lipinski definition) is 3. The Labute approximate surface area is 129 Å². The van der Waals surface area contributed by atoms with E-state index in [1.54, 1.807) is 0 Å². The van der Waals surface area contributed by atoms with Crippen molar-refractivity contribution in [3.8, 4) is 0 Å². The van der Waals surface area contributed by atoms with Gasteiger partial charge in [0.15, 0.2) is 0 Å². The lowest BCUT2D eigenvalue weighted by molar-refractivity contribution is 0.0612. The van der Waals surface area contributed by atoms with Crippen LogP contribution in [0.15, 0.2) is 12.3 Å². The Hall–Kier alpha value is -0.870. The van der Waals surface area contributed by atoms with Crippen LogP contribution in [0.5, 0.6) is 0 Å². The number of nitrogens with zero attached hydrogens (tertiary/aromatic N) is 3. The largest absolute Gasteiger partial charge is 0.310 e. The van der Waals surface area contributed by atoms with Gasteiger partial charge in [-0.3, -0.25) is 9.58 Å². The van der Waals surface area contributed by atoms with Crippen molar-refractivity contribution in [3.63, 3.8) is 0 Å². The molecule has 0 aliphatic carbocycles. The summed E-state index contributed by atoms with van der Waals surface area (Å²) >= 11 is 0. The quantitative estimate of drug-likeness (QED) is 0.798. The van der Waals surface area contributed by atoms with E-state index in [1.807, 2.05) is 6.20 Å². The Bertz CT molecular complexity index is 416. The molecule has 1 aliphatic heterocycles. The third-order valence-corrected chi connectivity index (χ3v) is 5.27. The molecule has 1 aliphatic rings. The van der Waals surface area contributed by atoms with E-state index in [4.69, 9.17) is 0 Å². The maximum atomic E-state index is 4.54. The lowest BCUT2D eigenvalue weighted by Crippen LogP contribution is -2.55. The molecular formula is C17H32N4. The van der Waals surface area contributed by atoms with E-state index in [2.05, 4.69) is 53.9 Å². The number of hydrogen-bond donors (Lipinski definition) is 1. The molecule has 1 saturated heterocycles. The highest BCUT2D eigenvalue weighted by molar-refractivity contribution is 5.16. The second kappa shape index (κ2) is 7.41. The van der Waals surface area contributed by atoms with E-state index in [0.29, 0.717) is 6.04 Å². The predicted octanol–water partition coefficient (Wildman–Crippen LogP) is 3.21. The zero-order valence-electron chi connectivity index (χ0n) is 14.2. The maximum Gasteiger partial charge on any atom is 0.0676 e. The molecular weight excluding hydrogens is 260 g/mol. The molecule has 1 fully saturated rings. The van der Waals surface area contributed by atoms with Gasteiger partial charge in [-0.1, -0.05) is 20.8 Å². The highest BCUT2D eigenvalue weighted by atomic mass is 15.3. The van der Waals surface area contributed by atoms with Crippen LogP contribution in [0.4, 0.5) is 0 Å². The van der Waals surface area contributed by atoms with Crippen LogP contribution in [0.1, 0.15) is 64.6 Å². The molecule has 21 heavy (non-hydrogen) atoms. The van der Waals surface area contributed by atoms with E-state index < -0.39 is 0 Å². The fourth-order valence-corrected chi connectivity index (χ4v) is 4.13. The number of likely N-dealkylation sites (N-methyl/N-ethyl adjacent to an activating group) is 1. The number of nitrogens with one attached hydrogen (secondary N) is 1. The molecule has 2 heterocycles. The van der Waals surface area contributed by atoms with Crippen LogP contribution < -0.4 is 5.32 Å². The molecule has 1 aromatic heterocycles. The standard InChI is InChI=1S/C17H32N4/c1-5-12-21-15(10-11-19-21)16(18-4)17(6-2,7-3)20-13-8-9-14-20/h10-11,16,18H,5-9,12-14H2,1-4H3. The molecule has 0 radical (unpaired) electrons. The summed E-state index contributed by atoms with van der Waals surface area (Å²) in [4.78, 5) is 2.72. The SMILES string of the molecule is CCCn1nccc1C(NC)C(CC)(CC)N1CCCC1. The second-order valence-electron chi connectivity index (χ2n) is 6.21. The fourth-order valence-electron chi connectivity index (χ4n) is 4.13. The van der Waals surface area contributed by atoms with Crippen molar-refractivity contribution in [1.82, 2.24) is 20.0 Å². The average molecular weight is 292 g/mol. The summed E-state index contributed by atoms with van der Waals surface area (Å²) in [6.45, 7) is 10.4. The topological polar surface area (TPSA) is 33.1 Å². The average Bonchev–Trinajstić information content (AvgIpc) is 3.17. The third-order valence-electron chi connectivity index (χ3n) is 5.27. The first-order valence-corrected chi connectivity index (χ1v) is 8.67. The van der Waals surface area contributed by atoms with Crippen molar-refractivity contribution >= 4 is 0 Å². The van der Waals surface area contributed by atoms with Gasteiger partial charge < -0.3 is 5.32 Å². The number of likely N-dealkylation sites (tertiary alicyclic amines) is 1. The molecule has 4 nitrogen and oxygen atoms in total. The number of aromatic nitrogens is 2. The molecule has 1 atom stereocenters. The third kappa shape index (κ3) is 3.02. The molecule has 1 unspecified atom stereocenters. The molecule has 120 valence electrons. The van der Waals surface area contributed by atoms with Crippen molar-refractivity contribution in [2.24, 2.45) is 0 Å². The zero-order valence-corrected chi connectivity index (χ0v) is 14.2. The molecule has 0 spiro atoms. The van der Waals surface area contributed by atoms with E-state index in [-0.39, 0.29) is 5.54 Å². The van der Waals surface area contributed by atoms with Gasteiger partial charge in [-0.25, -0.2) is 0 Å². The summed E-state index contributed by atoms with van der Waals surface area (Å²) in [6.07, 6.45) is 8.10. The summed E-state index contributed by atoms with van der Waals surface area (Å²) < 4.78 is 2.19. The van der Waals surface area contributed by atoms with Gasteiger partial charge in [0.2, 0.25) is 0 Å². The van der Waals surface area contributed by atoms with Crippen molar-refractivity contribution in [2.45, 2.75) is 71.0 Å². The van der Waals surface area contributed by atoms with Gasteiger partial charge in [-0.2, -0.15) is 5.10 Å². The van der Waals surface area contributed by atoms with Gasteiger partial charge in [0.05, 0.1) is 11.7 Å². The first-order valence-electron chi connectivity index (χ1n) is 8.67. The molecule has 1 N–H and O–H groups in total. The first-order chi connectivity index (χ1) is 10.2. The highest BCUT2D eigenvalue weighted by Crippen LogP contribution is 2.39. The van der Waals surface area contributed by atoms with Crippen molar-refractivity contribution < 1.29 is 0 Å². The minimum atomic E-state index is 0.205. The van der Waals surface area contributed by atoms with Crippen molar-refractivity contribution in [1.29, 1.82) is 0 Å². The Morgan fingerprint density at radius 1 is 1.24 bits per heavy atom. The summed E-state index contributed by atoms with van der Waals surface area (Å²) in [5, 5.41) is 8.16. The van der Waals surface area contributed by atoms with E-state index in [1.165, 1.54) is 44.5 Å². The fraction of sp³-hybridized carbons (Fsp3) is 0.824. The minimum Gasteiger partial charge on any atom is -0.310 e. The smallest absolute Gasteiger partial charge is 0.0676 e. The normalized spacial score (nSPS) is 18.3. The van der Waals surface area contributed by atoms with Crippen LogP contribution in [0, 0.1) is 0 Å². The molecule has 0 aromatic carbocycles. The highest BCUT2D eigenvalue weighted by Gasteiger charge is 2.43. The lowest BCUT2D eigenvalue weighted by atomic mass is 9.81. The lowest BCUT2D eigenvalue weighted by Gasteiger charge is -2.46. The van der Waals surface area contributed by atoms with Gasteiger partial charge in [-0.15, -0.1) is 0 Å². The van der Waals surface area contributed by atoms with Gasteiger partial charge in [0.25, 0.3) is 0 Å². The Morgan fingerprint density at radius 2 is 1.90 bits per heavy atom. The van der Waals surface area contributed by atoms with Crippen LogP contribution >= 0.6 is 0 Å². The molecule has 0 saturated carbocycles. The van der Waals surface area contributed by atoms with Crippen LogP contribution in [0.25, 0.3) is 0 Å². The maximum absolute atomic E-state index is 4.54. The van der Waals surface area contributed by atoms with Gasteiger partial charge in [-0.05, 0) is 58.3 Å². The summed E-state index contributed by atoms with van der Waals surface area (Å²) in [7, 11) is 2.10. The summed E-state index contributed by atoms with van der Waals surface area (Å²) in [5.74, 6) is 0. The molecule has 0 amide bonds. The second-order valence-corrected chi connectivity index (χ2v) is 6.21. The Balaban J connectivity index is 2.37.